The topological polar surface area (TPSA) is 49.4 Å². The van der Waals surface area contributed by atoms with E-state index < -0.39 is 10.2 Å². The molecular formula is C13H26N2O2S. The van der Waals surface area contributed by atoms with Crippen LogP contribution in [0.3, 0.4) is 0 Å². The van der Waals surface area contributed by atoms with E-state index in [1.807, 2.05) is 0 Å². The van der Waals surface area contributed by atoms with Gasteiger partial charge in [-0.05, 0) is 43.4 Å². The van der Waals surface area contributed by atoms with Gasteiger partial charge >= 0.3 is 0 Å². The first kappa shape index (κ1) is 14.3. The predicted molar refractivity (Wildman–Crippen MR) is 73.4 cm³/mol. The molecule has 2 rings (SSSR count). The molecular weight excluding hydrogens is 248 g/mol. The molecule has 0 spiro atoms. The van der Waals surface area contributed by atoms with E-state index in [0.29, 0.717) is 30.8 Å². The second kappa shape index (κ2) is 5.47. The Hall–Kier alpha value is -0.130. The van der Waals surface area contributed by atoms with Gasteiger partial charge in [0.05, 0.1) is 0 Å². The lowest BCUT2D eigenvalue weighted by molar-refractivity contribution is 0.219. The molecule has 4 unspecified atom stereocenters. The van der Waals surface area contributed by atoms with Gasteiger partial charge in [0.15, 0.2) is 0 Å². The molecule has 2 fully saturated rings. The van der Waals surface area contributed by atoms with Crippen molar-refractivity contribution in [2.75, 3.05) is 13.1 Å². The Morgan fingerprint density at radius 2 is 1.56 bits per heavy atom. The van der Waals surface area contributed by atoms with Crippen LogP contribution in [0.1, 0.15) is 46.5 Å². The van der Waals surface area contributed by atoms with E-state index in [2.05, 4.69) is 25.5 Å². The zero-order valence-corrected chi connectivity index (χ0v) is 12.5. The third kappa shape index (κ3) is 3.45. The summed E-state index contributed by atoms with van der Waals surface area (Å²) < 4.78 is 29.3. The van der Waals surface area contributed by atoms with Crippen LogP contribution in [-0.2, 0) is 10.2 Å². The summed E-state index contributed by atoms with van der Waals surface area (Å²) in [6.45, 7) is 7.80. The van der Waals surface area contributed by atoms with Crippen molar-refractivity contribution in [2.24, 2.45) is 17.8 Å². The number of hydrogen-bond donors (Lipinski definition) is 1. The van der Waals surface area contributed by atoms with E-state index in [4.69, 9.17) is 0 Å². The Morgan fingerprint density at radius 3 is 2.06 bits per heavy atom. The first-order valence-corrected chi connectivity index (χ1v) is 8.58. The van der Waals surface area contributed by atoms with E-state index in [1.54, 1.807) is 4.31 Å². The Balaban J connectivity index is 1.97. The molecule has 0 aromatic rings. The minimum absolute atomic E-state index is 0.150. The summed E-state index contributed by atoms with van der Waals surface area (Å²) in [6.07, 6.45) is 4.24. The van der Waals surface area contributed by atoms with Gasteiger partial charge < -0.3 is 0 Å². The standard InChI is InChI=1S/C13H26N2O2S/c1-10-4-5-13(7-10)14-18(16,17)15-8-11(2)6-12(3)9-15/h10-14H,4-9H2,1-3H3. The molecule has 106 valence electrons. The lowest BCUT2D eigenvalue weighted by Crippen LogP contribution is -2.50. The number of nitrogens with one attached hydrogen (secondary N) is 1. The average Bonchev–Trinajstić information content (AvgIpc) is 2.61. The van der Waals surface area contributed by atoms with E-state index in [9.17, 15) is 8.42 Å². The molecule has 0 radical (unpaired) electrons. The van der Waals surface area contributed by atoms with Crippen LogP contribution in [0.15, 0.2) is 0 Å². The first-order valence-electron chi connectivity index (χ1n) is 7.14. The molecule has 0 aromatic carbocycles. The fourth-order valence-electron chi connectivity index (χ4n) is 3.40. The van der Waals surface area contributed by atoms with Crippen LogP contribution in [0.5, 0.6) is 0 Å². The van der Waals surface area contributed by atoms with Gasteiger partial charge in [0.1, 0.15) is 0 Å². The molecule has 5 heteroatoms. The molecule has 2 aliphatic rings. The van der Waals surface area contributed by atoms with Gasteiger partial charge in [-0.2, -0.15) is 17.4 Å². The lowest BCUT2D eigenvalue weighted by Gasteiger charge is -2.34. The Kier molecular flexibility index (Phi) is 4.34. The molecule has 1 aliphatic heterocycles. The van der Waals surface area contributed by atoms with Gasteiger partial charge in [-0.15, -0.1) is 0 Å². The summed E-state index contributed by atoms with van der Waals surface area (Å²) in [7, 11) is -3.27. The van der Waals surface area contributed by atoms with Crippen LogP contribution >= 0.6 is 0 Å². The highest BCUT2D eigenvalue weighted by atomic mass is 32.2. The van der Waals surface area contributed by atoms with E-state index >= 15 is 0 Å². The molecule has 0 bridgehead atoms. The van der Waals surface area contributed by atoms with Gasteiger partial charge in [0.25, 0.3) is 10.2 Å². The number of nitrogens with zero attached hydrogens (tertiary/aromatic N) is 1. The van der Waals surface area contributed by atoms with Gasteiger partial charge in [-0.25, -0.2) is 0 Å². The lowest BCUT2D eigenvalue weighted by atomic mass is 9.94. The van der Waals surface area contributed by atoms with Crippen LogP contribution < -0.4 is 4.72 Å². The molecule has 0 amide bonds. The Morgan fingerprint density at radius 1 is 0.944 bits per heavy atom. The van der Waals surface area contributed by atoms with E-state index in [-0.39, 0.29) is 6.04 Å². The summed E-state index contributed by atoms with van der Waals surface area (Å²) in [5, 5.41) is 0. The summed E-state index contributed by atoms with van der Waals surface area (Å²) in [5.74, 6) is 1.58. The molecule has 4 atom stereocenters. The Bertz CT molecular complexity index is 372. The van der Waals surface area contributed by atoms with E-state index in [0.717, 1.165) is 25.7 Å². The molecule has 0 aromatic heterocycles. The van der Waals surface area contributed by atoms with Crippen molar-refractivity contribution in [1.82, 2.24) is 9.03 Å². The molecule has 1 N–H and O–H groups in total. The minimum Gasteiger partial charge on any atom is -0.199 e. The third-order valence-corrected chi connectivity index (χ3v) is 5.79. The largest absolute Gasteiger partial charge is 0.279 e. The molecule has 1 aliphatic carbocycles. The zero-order valence-electron chi connectivity index (χ0n) is 11.7. The summed E-state index contributed by atoms with van der Waals surface area (Å²) in [6, 6.07) is 0.150. The monoisotopic (exact) mass is 274 g/mol. The second-order valence-corrected chi connectivity index (χ2v) is 8.20. The molecule has 18 heavy (non-hydrogen) atoms. The van der Waals surface area contributed by atoms with Crippen molar-refractivity contribution in [2.45, 2.75) is 52.5 Å². The first-order chi connectivity index (χ1) is 8.37. The van der Waals surface area contributed by atoms with Crippen LogP contribution in [0.2, 0.25) is 0 Å². The van der Waals surface area contributed by atoms with Crippen LogP contribution in [0.4, 0.5) is 0 Å². The maximum atomic E-state index is 12.4. The van der Waals surface area contributed by atoms with Gasteiger partial charge in [0.2, 0.25) is 0 Å². The molecule has 1 saturated heterocycles. The fraction of sp³-hybridized carbons (Fsp3) is 1.00. The highest BCUT2D eigenvalue weighted by molar-refractivity contribution is 7.87. The Labute approximate surface area is 111 Å². The highest BCUT2D eigenvalue weighted by Gasteiger charge is 2.33. The minimum atomic E-state index is -3.27. The average molecular weight is 274 g/mol. The summed E-state index contributed by atoms with van der Waals surface area (Å²) in [4.78, 5) is 0. The molecule has 1 heterocycles. The summed E-state index contributed by atoms with van der Waals surface area (Å²) >= 11 is 0. The fourth-order valence-corrected chi connectivity index (χ4v) is 5.09. The van der Waals surface area contributed by atoms with Crippen molar-refractivity contribution in [3.05, 3.63) is 0 Å². The number of piperidine rings is 1. The van der Waals surface area contributed by atoms with Gasteiger partial charge in [-0.1, -0.05) is 20.8 Å². The normalized spacial score (nSPS) is 39.1. The zero-order chi connectivity index (χ0) is 13.3. The van der Waals surface area contributed by atoms with Crippen LogP contribution in [0, 0.1) is 17.8 Å². The predicted octanol–water partition coefficient (Wildman–Crippen LogP) is 1.99. The van der Waals surface area contributed by atoms with Crippen molar-refractivity contribution in [3.8, 4) is 0 Å². The maximum Gasteiger partial charge on any atom is 0.279 e. The van der Waals surface area contributed by atoms with Gasteiger partial charge in [-0.3, -0.25) is 0 Å². The maximum absolute atomic E-state index is 12.4. The van der Waals surface area contributed by atoms with Crippen LogP contribution in [-0.4, -0.2) is 31.9 Å². The third-order valence-electron chi connectivity index (χ3n) is 4.19. The van der Waals surface area contributed by atoms with Crippen molar-refractivity contribution in [1.29, 1.82) is 0 Å². The van der Waals surface area contributed by atoms with Crippen molar-refractivity contribution < 1.29 is 8.42 Å². The van der Waals surface area contributed by atoms with E-state index in [1.165, 1.54) is 0 Å². The SMILES string of the molecule is CC1CCC(NS(=O)(=O)N2CC(C)CC(C)C2)C1. The van der Waals surface area contributed by atoms with Gasteiger partial charge in [0, 0.05) is 19.1 Å². The second-order valence-electron chi connectivity index (χ2n) is 6.50. The summed E-state index contributed by atoms with van der Waals surface area (Å²) in [5.41, 5.74) is 0. The smallest absolute Gasteiger partial charge is 0.199 e. The van der Waals surface area contributed by atoms with Crippen molar-refractivity contribution in [3.63, 3.8) is 0 Å². The van der Waals surface area contributed by atoms with Crippen LogP contribution in [0.25, 0.3) is 0 Å². The molecule has 4 nitrogen and oxygen atoms in total. The molecule has 1 saturated carbocycles. The highest BCUT2D eigenvalue weighted by Crippen LogP contribution is 2.27. The van der Waals surface area contributed by atoms with Crippen molar-refractivity contribution >= 4 is 10.2 Å². The number of rotatable bonds is 3. The number of hydrogen-bond acceptors (Lipinski definition) is 2. The quantitative estimate of drug-likeness (QED) is 0.855.